The maximum absolute atomic E-state index is 13.2. The topological polar surface area (TPSA) is 78.7 Å². The van der Waals surface area contributed by atoms with Crippen LogP contribution in [0.25, 0.3) is 0 Å². The Morgan fingerprint density at radius 3 is 2.68 bits per heavy atom. The number of carbonyl (C=O) groups excluding carboxylic acids is 1. The van der Waals surface area contributed by atoms with Crippen molar-refractivity contribution >= 4 is 5.91 Å². The van der Waals surface area contributed by atoms with E-state index in [2.05, 4.69) is 22.1 Å². The maximum atomic E-state index is 13.2. The van der Waals surface area contributed by atoms with Crippen LogP contribution in [0.4, 0.5) is 0 Å². The molecule has 0 radical (unpaired) electrons. The summed E-state index contributed by atoms with van der Waals surface area (Å²) in [6.07, 6.45) is 9.09. The van der Waals surface area contributed by atoms with E-state index >= 15 is 0 Å². The molecule has 2 aliphatic rings. The zero-order valence-electron chi connectivity index (χ0n) is 17.1. The lowest BCUT2D eigenvalue weighted by Gasteiger charge is -2.44. The molecular formula is C24H24N4O3. The predicted molar refractivity (Wildman–Crippen MR) is 117 cm³/mol. The minimum atomic E-state index is -0.549. The van der Waals surface area contributed by atoms with Gasteiger partial charge in [-0.2, -0.15) is 0 Å². The zero-order valence-corrected chi connectivity index (χ0v) is 17.1. The Labute approximate surface area is 180 Å². The van der Waals surface area contributed by atoms with Crippen LogP contribution in [0.1, 0.15) is 52.5 Å². The van der Waals surface area contributed by atoms with Crippen LogP contribution < -0.4 is 10.4 Å². The molecule has 0 spiro atoms. The van der Waals surface area contributed by atoms with E-state index in [1.165, 1.54) is 11.6 Å². The standard InChI is InChI=1S/C24H24N4O3/c29-20-11-14-27-22(23(20)30)24(31)26-13-6-2-5-9-18-15-25-12-10-19(18)21(28(27)16-26)17-7-3-1-4-8-17/h1,3-4,7-8,10-12,14-15,21,30H,2,5-6,9,13,16H2/t21-/m1/s1. The fourth-order valence-corrected chi connectivity index (χ4v) is 4.62. The number of fused-ring (bicyclic) bond motifs is 5. The number of hydrogen-bond donors (Lipinski definition) is 1. The normalized spacial score (nSPS) is 18.7. The Balaban J connectivity index is 1.78. The number of benzene rings is 1. The predicted octanol–water partition coefficient (Wildman–Crippen LogP) is 2.82. The third-order valence-electron chi connectivity index (χ3n) is 6.16. The second-order valence-corrected chi connectivity index (χ2v) is 8.07. The van der Waals surface area contributed by atoms with E-state index in [1.807, 2.05) is 30.5 Å². The molecule has 2 bridgehead atoms. The Morgan fingerprint density at radius 1 is 1.00 bits per heavy atom. The number of aromatic hydroxyl groups is 1. The lowest BCUT2D eigenvalue weighted by atomic mass is 9.93. The number of rotatable bonds is 1. The van der Waals surface area contributed by atoms with Crippen molar-refractivity contribution in [1.82, 2.24) is 14.6 Å². The van der Waals surface area contributed by atoms with E-state index < -0.39 is 11.2 Å². The van der Waals surface area contributed by atoms with Crippen molar-refractivity contribution in [3.05, 3.63) is 93.7 Å². The second-order valence-electron chi connectivity index (χ2n) is 8.07. The number of aryl methyl sites for hydroxylation is 1. The number of nitrogens with zero attached hydrogens (tertiary/aromatic N) is 4. The zero-order chi connectivity index (χ0) is 21.4. The molecule has 1 N–H and O–H groups in total. The second kappa shape index (κ2) is 7.91. The van der Waals surface area contributed by atoms with Gasteiger partial charge >= 0.3 is 0 Å². The summed E-state index contributed by atoms with van der Waals surface area (Å²) in [5.74, 6) is -0.814. The van der Waals surface area contributed by atoms with Crippen LogP contribution in [0.15, 0.2) is 65.8 Å². The molecule has 158 valence electrons. The van der Waals surface area contributed by atoms with Gasteiger partial charge in [0, 0.05) is 31.2 Å². The third kappa shape index (κ3) is 3.36. The molecule has 7 heteroatoms. The maximum Gasteiger partial charge on any atom is 0.277 e. The highest BCUT2D eigenvalue weighted by molar-refractivity contribution is 5.96. The molecule has 3 aromatic rings. The van der Waals surface area contributed by atoms with Crippen LogP contribution in [0.3, 0.4) is 0 Å². The van der Waals surface area contributed by atoms with Crippen molar-refractivity contribution < 1.29 is 9.90 Å². The van der Waals surface area contributed by atoms with Gasteiger partial charge in [0.2, 0.25) is 5.43 Å². The van der Waals surface area contributed by atoms with Gasteiger partial charge in [0.05, 0.1) is 6.04 Å². The molecule has 1 atom stereocenters. The van der Waals surface area contributed by atoms with Crippen LogP contribution in [0.5, 0.6) is 5.75 Å². The Hall–Kier alpha value is -3.61. The first-order valence-corrected chi connectivity index (χ1v) is 10.6. The van der Waals surface area contributed by atoms with Crippen LogP contribution >= 0.6 is 0 Å². The molecule has 0 saturated carbocycles. The first-order chi connectivity index (χ1) is 15.1. The number of hydrogen-bond acceptors (Lipinski definition) is 5. The smallest absolute Gasteiger partial charge is 0.277 e. The number of amides is 1. The Bertz CT molecular complexity index is 1170. The molecule has 4 heterocycles. The Kier molecular flexibility index (Phi) is 4.94. The molecule has 0 saturated heterocycles. The highest BCUT2D eigenvalue weighted by Crippen LogP contribution is 2.34. The lowest BCUT2D eigenvalue weighted by Crippen LogP contribution is -2.55. The van der Waals surface area contributed by atoms with E-state index in [0.29, 0.717) is 13.2 Å². The summed E-state index contributed by atoms with van der Waals surface area (Å²) < 4.78 is 1.65. The van der Waals surface area contributed by atoms with Gasteiger partial charge in [0.15, 0.2) is 11.4 Å². The summed E-state index contributed by atoms with van der Waals surface area (Å²) >= 11 is 0. The fraction of sp³-hybridized carbons (Fsp3) is 0.292. The summed E-state index contributed by atoms with van der Waals surface area (Å²) in [7, 11) is 0. The fourth-order valence-electron chi connectivity index (χ4n) is 4.62. The molecular weight excluding hydrogens is 392 g/mol. The molecule has 31 heavy (non-hydrogen) atoms. The van der Waals surface area contributed by atoms with E-state index in [-0.39, 0.29) is 17.6 Å². The average molecular weight is 416 g/mol. The molecule has 0 unspecified atom stereocenters. The van der Waals surface area contributed by atoms with Crippen LogP contribution in [-0.2, 0) is 6.42 Å². The summed E-state index contributed by atoms with van der Waals surface area (Å²) in [5.41, 5.74) is 2.82. The van der Waals surface area contributed by atoms with E-state index in [0.717, 1.165) is 36.8 Å². The summed E-state index contributed by atoms with van der Waals surface area (Å²) in [4.78, 5) is 31.5. The minimum Gasteiger partial charge on any atom is -0.502 e. The highest BCUT2D eigenvalue weighted by Gasteiger charge is 2.37. The average Bonchev–Trinajstić information content (AvgIpc) is 2.82. The first-order valence-electron chi connectivity index (χ1n) is 10.6. The van der Waals surface area contributed by atoms with Crippen molar-refractivity contribution in [2.75, 3.05) is 18.2 Å². The molecule has 0 aliphatic carbocycles. The number of aromatic nitrogens is 2. The van der Waals surface area contributed by atoms with Crippen molar-refractivity contribution in [1.29, 1.82) is 0 Å². The van der Waals surface area contributed by atoms with Crippen LogP contribution in [0.2, 0.25) is 0 Å². The lowest BCUT2D eigenvalue weighted by molar-refractivity contribution is 0.0677. The van der Waals surface area contributed by atoms with Gasteiger partial charge in [-0.3, -0.25) is 24.3 Å². The van der Waals surface area contributed by atoms with Gasteiger partial charge in [0.1, 0.15) is 6.67 Å². The summed E-state index contributed by atoms with van der Waals surface area (Å²) in [6.45, 7) is 0.934. The molecule has 5 rings (SSSR count). The van der Waals surface area contributed by atoms with Crippen molar-refractivity contribution in [3.8, 4) is 5.75 Å². The van der Waals surface area contributed by atoms with E-state index in [1.54, 1.807) is 22.0 Å². The molecule has 0 fully saturated rings. The largest absolute Gasteiger partial charge is 0.502 e. The van der Waals surface area contributed by atoms with E-state index in [4.69, 9.17) is 0 Å². The molecule has 2 aromatic heterocycles. The summed E-state index contributed by atoms with van der Waals surface area (Å²) in [6, 6.07) is 13.2. The van der Waals surface area contributed by atoms with Crippen LogP contribution in [-0.4, -0.2) is 38.8 Å². The third-order valence-corrected chi connectivity index (χ3v) is 6.16. The van der Waals surface area contributed by atoms with Gasteiger partial charge in [-0.25, -0.2) is 0 Å². The molecule has 1 amide bonds. The van der Waals surface area contributed by atoms with E-state index in [9.17, 15) is 14.7 Å². The van der Waals surface area contributed by atoms with Gasteiger partial charge in [-0.05, 0) is 42.0 Å². The first kappa shape index (κ1) is 19.4. The molecule has 1 aromatic carbocycles. The monoisotopic (exact) mass is 416 g/mol. The Morgan fingerprint density at radius 2 is 1.84 bits per heavy atom. The van der Waals surface area contributed by atoms with Gasteiger partial charge < -0.3 is 10.0 Å². The van der Waals surface area contributed by atoms with Gasteiger partial charge in [-0.1, -0.05) is 36.8 Å². The number of carbonyl (C=O) groups is 1. The highest BCUT2D eigenvalue weighted by atomic mass is 16.3. The van der Waals surface area contributed by atoms with Crippen molar-refractivity contribution in [2.24, 2.45) is 0 Å². The van der Waals surface area contributed by atoms with Crippen LogP contribution in [0, 0.1) is 0 Å². The van der Waals surface area contributed by atoms with Crippen molar-refractivity contribution in [2.45, 2.75) is 31.7 Å². The SMILES string of the molecule is O=C1c2c(O)c(=O)ccn2N2CN1CCCCCc1cnccc1[C@H]2c1ccccc1. The van der Waals surface area contributed by atoms with Crippen molar-refractivity contribution in [3.63, 3.8) is 0 Å². The van der Waals surface area contributed by atoms with Gasteiger partial charge in [0.25, 0.3) is 5.91 Å². The number of pyridine rings is 2. The van der Waals surface area contributed by atoms with Gasteiger partial charge in [-0.15, -0.1) is 0 Å². The summed E-state index contributed by atoms with van der Waals surface area (Å²) in [5, 5.41) is 12.6. The quantitative estimate of drug-likeness (QED) is 0.660. The molecule has 2 aliphatic heterocycles. The minimum absolute atomic E-state index is 0.0227. The molecule has 7 nitrogen and oxygen atoms in total.